The molecule has 0 saturated carbocycles. The molecule has 5 heteroatoms. The summed E-state index contributed by atoms with van der Waals surface area (Å²) in [6.45, 7) is 9.97. The molecule has 2 N–H and O–H groups in total. The molecule has 1 heterocycles. The van der Waals surface area contributed by atoms with Gasteiger partial charge in [-0.3, -0.25) is 4.79 Å². The Labute approximate surface area is 143 Å². The lowest BCUT2D eigenvalue weighted by molar-refractivity contribution is 0.0914. The van der Waals surface area contributed by atoms with Crippen molar-refractivity contribution in [3.8, 4) is 5.69 Å². The first-order valence-electron chi connectivity index (χ1n) is 8.31. The third-order valence-electron chi connectivity index (χ3n) is 4.19. The standard InChI is InChI=1S/C19H27N3O2/c1-13(12-23)14(2)20-18(24)16-11-22(15-9-7-6-8-10-15)21-17(16)19(3,4)5/h6-11,13-14,23H,12H2,1-5H3,(H,20,24). The van der Waals surface area contributed by atoms with Crippen LogP contribution in [0.15, 0.2) is 36.5 Å². The minimum atomic E-state index is -0.251. The third-order valence-corrected chi connectivity index (χ3v) is 4.19. The summed E-state index contributed by atoms with van der Waals surface area (Å²) in [7, 11) is 0. The average molecular weight is 329 g/mol. The van der Waals surface area contributed by atoms with Crippen LogP contribution in [0, 0.1) is 5.92 Å². The Morgan fingerprint density at radius 1 is 1.25 bits per heavy atom. The number of carbonyl (C=O) groups is 1. The number of aliphatic hydroxyl groups excluding tert-OH is 1. The summed E-state index contributed by atoms with van der Waals surface area (Å²) in [6.07, 6.45) is 1.78. The van der Waals surface area contributed by atoms with Gasteiger partial charge in [-0.15, -0.1) is 0 Å². The van der Waals surface area contributed by atoms with Crippen molar-refractivity contribution in [2.75, 3.05) is 6.61 Å². The van der Waals surface area contributed by atoms with Crippen LogP contribution in [0.5, 0.6) is 0 Å². The van der Waals surface area contributed by atoms with Crippen LogP contribution in [0.25, 0.3) is 5.69 Å². The maximum absolute atomic E-state index is 12.7. The highest BCUT2D eigenvalue weighted by atomic mass is 16.3. The molecule has 0 aliphatic carbocycles. The molecule has 0 saturated heterocycles. The topological polar surface area (TPSA) is 67.2 Å². The highest BCUT2D eigenvalue weighted by Gasteiger charge is 2.27. The van der Waals surface area contributed by atoms with Crippen LogP contribution < -0.4 is 5.32 Å². The molecule has 1 aromatic carbocycles. The second-order valence-corrected chi connectivity index (χ2v) is 7.34. The second kappa shape index (κ2) is 7.18. The van der Waals surface area contributed by atoms with Crippen LogP contribution in [0.3, 0.4) is 0 Å². The first-order valence-corrected chi connectivity index (χ1v) is 8.31. The normalized spacial score (nSPS) is 14.2. The molecule has 5 nitrogen and oxygen atoms in total. The van der Waals surface area contributed by atoms with Gasteiger partial charge in [0, 0.05) is 24.3 Å². The number of nitrogens with zero attached hydrogens (tertiary/aromatic N) is 2. The monoisotopic (exact) mass is 329 g/mol. The molecule has 0 aliphatic rings. The van der Waals surface area contributed by atoms with Crippen molar-refractivity contribution in [2.24, 2.45) is 5.92 Å². The highest BCUT2D eigenvalue weighted by molar-refractivity contribution is 5.95. The summed E-state index contributed by atoms with van der Waals surface area (Å²) in [6, 6.07) is 9.63. The second-order valence-electron chi connectivity index (χ2n) is 7.34. The van der Waals surface area contributed by atoms with Crippen LogP contribution >= 0.6 is 0 Å². The van der Waals surface area contributed by atoms with Crippen LogP contribution in [0.2, 0.25) is 0 Å². The van der Waals surface area contributed by atoms with Gasteiger partial charge in [0.25, 0.3) is 5.91 Å². The van der Waals surface area contributed by atoms with Gasteiger partial charge in [0.1, 0.15) is 0 Å². The van der Waals surface area contributed by atoms with Gasteiger partial charge in [0.2, 0.25) is 0 Å². The third kappa shape index (κ3) is 4.03. The molecule has 2 unspecified atom stereocenters. The molecule has 130 valence electrons. The lowest BCUT2D eigenvalue weighted by Crippen LogP contribution is -2.39. The molecule has 24 heavy (non-hydrogen) atoms. The van der Waals surface area contributed by atoms with E-state index in [9.17, 15) is 9.90 Å². The lowest BCUT2D eigenvalue weighted by Gasteiger charge is -2.21. The maximum Gasteiger partial charge on any atom is 0.255 e. The fraction of sp³-hybridized carbons (Fsp3) is 0.474. The smallest absolute Gasteiger partial charge is 0.255 e. The van der Waals surface area contributed by atoms with E-state index in [1.807, 2.05) is 65.0 Å². The number of nitrogens with one attached hydrogen (secondary N) is 1. The first kappa shape index (κ1) is 18.2. The summed E-state index contributed by atoms with van der Waals surface area (Å²) < 4.78 is 1.75. The molecule has 0 radical (unpaired) electrons. The largest absolute Gasteiger partial charge is 0.396 e. The molecule has 0 spiro atoms. The number of carbonyl (C=O) groups excluding carboxylic acids is 1. The van der Waals surface area contributed by atoms with Crippen molar-refractivity contribution in [1.82, 2.24) is 15.1 Å². The molecule has 1 amide bonds. The Kier molecular flexibility index (Phi) is 5.44. The van der Waals surface area contributed by atoms with E-state index < -0.39 is 0 Å². The average Bonchev–Trinajstić information content (AvgIpc) is 3.00. The predicted octanol–water partition coefficient (Wildman–Crippen LogP) is 2.92. The quantitative estimate of drug-likeness (QED) is 0.886. The van der Waals surface area contributed by atoms with Gasteiger partial charge in [0.05, 0.1) is 16.9 Å². The van der Waals surface area contributed by atoms with Crippen molar-refractivity contribution < 1.29 is 9.90 Å². The molecule has 0 aliphatic heterocycles. The number of amides is 1. The van der Waals surface area contributed by atoms with Gasteiger partial charge in [-0.05, 0) is 25.0 Å². The number of benzene rings is 1. The molecule has 0 bridgehead atoms. The van der Waals surface area contributed by atoms with E-state index in [0.29, 0.717) is 5.56 Å². The first-order chi connectivity index (χ1) is 11.2. The zero-order valence-electron chi connectivity index (χ0n) is 15.1. The Morgan fingerprint density at radius 2 is 1.88 bits per heavy atom. The van der Waals surface area contributed by atoms with Crippen LogP contribution in [-0.2, 0) is 5.41 Å². The van der Waals surface area contributed by atoms with E-state index in [4.69, 9.17) is 0 Å². The molecule has 2 atom stereocenters. The van der Waals surface area contributed by atoms with Gasteiger partial charge >= 0.3 is 0 Å². The van der Waals surface area contributed by atoms with Gasteiger partial charge in [-0.25, -0.2) is 4.68 Å². The maximum atomic E-state index is 12.7. The summed E-state index contributed by atoms with van der Waals surface area (Å²) in [5.74, 6) is -0.161. The van der Waals surface area contributed by atoms with E-state index in [1.165, 1.54) is 0 Å². The zero-order chi connectivity index (χ0) is 17.9. The van der Waals surface area contributed by atoms with Crippen LogP contribution in [-0.4, -0.2) is 33.4 Å². The predicted molar refractivity (Wildman–Crippen MR) is 95.4 cm³/mol. The number of hydrogen-bond donors (Lipinski definition) is 2. The number of aromatic nitrogens is 2. The SMILES string of the molecule is CC(CO)C(C)NC(=O)c1cn(-c2ccccc2)nc1C(C)(C)C. The molecular weight excluding hydrogens is 302 g/mol. The number of aliphatic hydroxyl groups is 1. The minimum Gasteiger partial charge on any atom is -0.396 e. The van der Waals surface area contributed by atoms with Crippen LogP contribution in [0.4, 0.5) is 0 Å². The Hall–Kier alpha value is -2.14. The molecule has 1 aromatic heterocycles. The van der Waals surface area contributed by atoms with Crippen molar-refractivity contribution in [3.05, 3.63) is 47.8 Å². The molecule has 2 rings (SSSR count). The fourth-order valence-corrected chi connectivity index (χ4v) is 2.39. The number of rotatable bonds is 5. The van der Waals surface area contributed by atoms with E-state index in [0.717, 1.165) is 11.4 Å². The van der Waals surface area contributed by atoms with Crippen LogP contribution in [0.1, 0.15) is 50.7 Å². The van der Waals surface area contributed by atoms with Crippen molar-refractivity contribution in [2.45, 2.75) is 46.1 Å². The molecule has 0 fully saturated rings. The number of para-hydroxylation sites is 1. The summed E-state index contributed by atoms with van der Waals surface area (Å²) in [5, 5.41) is 16.9. The minimum absolute atomic E-state index is 0.00351. The Morgan fingerprint density at radius 3 is 2.42 bits per heavy atom. The zero-order valence-corrected chi connectivity index (χ0v) is 15.1. The highest BCUT2D eigenvalue weighted by Crippen LogP contribution is 2.26. The van der Waals surface area contributed by atoms with Gasteiger partial charge in [0.15, 0.2) is 0 Å². The van der Waals surface area contributed by atoms with Crippen molar-refractivity contribution in [3.63, 3.8) is 0 Å². The van der Waals surface area contributed by atoms with E-state index >= 15 is 0 Å². The van der Waals surface area contributed by atoms with E-state index in [-0.39, 0.29) is 29.9 Å². The van der Waals surface area contributed by atoms with E-state index in [2.05, 4.69) is 10.4 Å². The Bertz CT molecular complexity index is 686. The van der Waals surface area contributed by atoms with Gasteiger partial charge in [-0.1, -0.05) is 45.9 Å². The Balaban J connectivity index is 2.37. The lowest BCUT2D eigenvalue weighted by atomic mass is 9.89. The molecule has 2 aromatic rings. The summed E-state index contributed by atoms with van der Waals surface area (Å²) in [4.78, 5) is 12.7. The van der Waals surface area contributed by atoms with Crippen molar-refractivity contribution in [1.29, 1.82) is 0 Å². The summed E-state index contributed by atoms with van der Waals surface area (Å²) in [5.41, 5.74) is 1.99. The molecular formula is C19H27N3O2. The van der Waals surface area contributed by atoms with Gasteiger partial charge in [-0.2, -0.15) is 5.10 Å². The summed E-state index contributed by atoms with van der Waals surface area (Å²) >= 11 is 0. The van der Waals surface area contributed by atoms with Gasteiger partial charge < -0.3 is 10.4 Å². The van der Waals surface area contributed by atoms with E-state index in [1.54, 1.807) is 10.9 Å². The number of hydrogen-bond acceptors (Lipinski definition) is 3. The fourth-order valence-electron chi connectivity index (χ4n) is 2.39. The van der Waals surface area contributed by atoms with Crippen molar-refractivity contribution >= 4 is 5.91 Å².